The average molecular weight is 265 g/mol. The van der Waals surface area contributed by atoms with Gasteiger partial charge in [0.25, 0.3) is 0 Å². The highest BCUT2D eigenvalue weighted by Crippen LogP contribution is 2.17. The van der Waals surface area contributed by atoms with Gasteiger partial charge in [-0.2, -0.15) is 5.10 Å². The smallest absolute Gasteiger partial charge is 0.165 e. The van der Waals surface area contributed by atoms with E-state index >= 15 is 0 Å². The Kier molecular flexibility index (Phi) is 4.35. The Morgan fingerprint density at radius 2 is 2.32 bits per heavy atom. The maximum atomic E-state index is 13.1. The van der Waals surface area contributed by atoms with Crippen molar-refractivity contribution in [1.82, 2.24) is 9.78 Å². The number of rotatable bonds is 6. The lowest BCUT2D eigenvalue weighted by Crippen LogP contribution is -2.04. The number of hydrogen-bond donors (Lipinski definition) is 2. The summed E-state index contributed by atoms with van der Waals surface area (Å²) in [6.45, 7) is 1.75. The van der Waals surface area contributed by atoms with Crippen LogP contribution in [0.15, 0.2) is 30.6 Å². The van der Waals surface area contributed by atoms with Crippen molar-refractivity contribution < 1.29 is 14.2 Å². The van der Waals surface area contributed by atoms with Crippen LogP contribution in [0.25, 0.3) is 0 Å². The minimum atomic E-state index is -0.616. The molecule has 102 valence electrons. The van der Waals surface area contributed by atoms with Crippen molar-refractivity contribution in [2.45, 2.75) is 13.1 Å². The van der Waals surface area contributed by atoms with Crippen molar-refractivity contribution >= 4 is 5.69 Å². The number of benzene rings is 1. The molecule has 2 rings (SSSR count). The van der Waals surface area contributed by atoms with Gasteiger partial charge in [-0.3, -0.25) is 4.68 Å². The van der Waals surface area contributed by atoms with E-state index in [4.69, 9.17) is 9.84 Å². The predicted molar refractivity (Wildman–Crippen MR) is 69.5 cm³/mol. The summed E-state index contributed by atoms with van der Waals surface area (Å²) in [7, 11) is 1.64. The van der Waals surface area contributed by atoms with E-state index < -0.39 is 5.82 Å². The number of phenolic OH excluding ortho intramolecular Hbond substituents is 1. The van der Waals surface area contributed by atoms with E-state index in [9.17, 15) is 4.39 Å². The fourth-order valence-corrected chi connectivity index (χ4v) is 1.63. The Bertz CT molecular complexity index is 542. The molecule has 0 saturated carbocycles. The van der Waals surface area contributed by atoms with E-state index in [1.54, 1.807) is 24.1 Å². The minimum Gasteiger partial charge on any atom is -0.505 e. The summed E-state index contributed by atoms with van der Waals surface area (Å²) >= 11 is 0. The summed E-state index contributed by atoms with van der Waals surface area (Å²) in [6, 6.07) is 4.31. The van der Waals surface area contributed by atoms with Gasteiger partial charge in [-0.1, -0.05) is 6.07 Å². The van der Waals surface area contributed by atoms with E-state index in [1.807, 2.05) is 6.20 Å². The summed E-state index contributed by atoms with van der Waals surface area (Å²) in [4.78, 5) is 0. The third-order valence-electron chi connectivity index (χ3n) is 2.67. The normalized spacial score (nSPS) is 10.6. The number of phenols is 1. The second-order valence-electron chi connectivity index (χ2n) is 4.12. The highest BCUT2D eigenvalue weighted by atomic mass is 19.1. The van der Waals surface area contributed by atoms with Crippen molar-refractivity contribution in [3.8, 4) is 5.75 Å². The topological polar surface area (TPSA) is 59.3 Å². The summed E-state index contributed by atoms with van der Waals surface area (Å²) in [5.74, 6) is -0.953. The molecule has 1 aromatic carbocycles. The lowest BCUT2D eigenvalue weighted by Gasteiger charge is -2.04. The predicted octanol–water partition coefficient (Wildman–Crippen LogP) is 1.99. The zero-order chi connectivity index (χ0) is 13.7. The number of nitrogens with one attached hydrogen (secondary N) is 1. The van der Waals surface area contributed by atoms with E-state index in [0.29, 0.717) is 19.7 Å². The lowest BCUT2D eigenvalue weighted by molar-refractivity contribution is 0.183. The zero-order valence-corrected chi connectivity index (χ0v) is 10.6. The number of aromatic nitrogens is 2. The summed E-state index contributed by atoms with van der Waals surface area (Å²) < 4.78 is 19.9. The van der Waals surface area contributed by atoms with Crippen LogP contribution in [-0.2, 0) is 17.8 Å². The maximum absolute atomic E-state index is 13.1. The van der Waals surface area contributed by atoms with Crippen LogP contribution >= 0.6 is 0 Å². The molecule has 1 aromatic heterocycles. The van der Waals surface area contributed by atoms with E-state index in [-0.39, 0.29) is 5.75 Å². The SMILES string of the molecule is COCCn1cc(NCc2ccc(O)c(F)c2)cn1. The van der Waals surface area contributed by atoms with Crippen LogP contribution in [0.5, 0.6) is 5.75 Å². The van der Waals surface area contributed by atoms with Crippen molar-refractivity contribution in [3.05, 3.63) is 42.0 Å². The fraction of sp³-hybridized carbons (Fsp3) is 0.308. The van der Waals surface area contributed by atoms with Crippen LogP contribution in [0.4, 0.5) is 10.1 Å². The second kappa shape index (κ2) is 6.19. The maximum Gasteiger partial charge on any atom is 0.165 e. The number of hydrogen-bond acceptors (Lipinski definition) is 4. The number of aromatic hydroxyl groups is 1. The molecule has 0 aliphatic rings. The molecule has 0 aliphatic carbocycles. The Labute approximate surface area is 110 Å². The second-order valence-corrected chi connectivity index (χ2v) is 4.12. The number of halogens is 1. The number of methoxy groups -OCH3 is 1. The van der Waals surface area contributed by atoms with Gasteiger partial charge in [0.2, 0.25) is 0 Å². The van der Waals surface area contributed by atoms with Crippen LogP contribution in [0.1, 0.15) is 5.56 Å². The third-order valence-corrected chi connectivity index (χ3v) is 2.67. The highest BCUT2D eigenvalue weighted by molar-refractivity contribution is 5.39. The molecule has 0 spiro atoms. The van der Waals surface area contributed by atoms with Crippen LogP contribution in [-0.4, -0.2) is 28.6 Å². The molecule has 5 nitrogen and oxygen atoms in total. The van der Waals surface area contributed by atoms with Crippen LogP contribution in [0, 0.1) is 5.82 Å². The third kappa shape index (κ3) is 3.69. The first-order chi connectivity index (χ1) is 9.19. The molecule has 1 heterocycles. The largest absolute Gasteiger partial charge is 0.505 e. The van der Waals surface area contributed by atoms with Gasteiger partial charge in [0.05, 0.1) is 25.0 Å². The Morgan fingerprint density at radius 1 is 1.47 bits per heavy atom. The van der Waals surface area contributed by atoms with Gasteiger partial charge >= 0.3 is 0 Å². The van der Waals surface area contributed by atoms with Gasteiger partial charge in [0.1, 0.15) is 0 Å². The van der Waals surface area contributed by atoms with Crippen molar-refractivity contribution in [2.75, 3.05) is 19.0 Å². The van der Waals surface area contributed by atoms with Gasteiger partial charge in [-0.05, 0) is 17.7 Å². The number of nitrogens with zero attached hydrogens (tertiary/aromatic N) is 2. The van der Waals surface area contributed by atoms with Gasteiger partial charge in [0.15, 0.2) is 11.6 Å². The molecule has 19 heavy (non-hydrogen) atoms. The molecule has 0 atom stereocenters. The molecule has 6 heteroatoms. The van der Waals surface area contributed by atoms with Gasteiger partial charge < -0.3 is 15.2 Å². The highest BCUT2D eigenvalue weighted by Gasteiger charge is 2.02. The Morgan fingerprint density at radius 3 is 3.05 bits per heavy atom. The standard InChI is InChI=1S/C13H16FN3O2/c1-19-5-4-17-9-11(8-16-17)15-7-10-2-3-13(18)12(14)6-10/h2-3,6,8-9,15,18H,4-5,7H2,1H3. The van der Waals surface area contributed by atoms with E-state index in [0.717, 1.165) is 11.3 Å². The number of ether oxygens (including phenoxy) is 1. The molecule has 0 fully saturated rings. The molecule has 2 N–H and O–H groups in total. The first kappa shape index (κ1) is 13.4. The monoisotopic (exact) mass is 265 g/mol. The molecule has 0 amide bonds. The van der Waals surface area contributed by atoms with Crippen molar-refractivity contribution in [2.24, 2.45) is 0 Å². The molecule has 0 bridgehead atoms. The molecule has 2 aromatic rings. The van der Waals surface area contributed by atoms with Crippen molar-refractivity contribution in [3.63, 3.8) is 0 Å². The molecule has 0 radical (unpaired) electrons. The Hall–Kier alpha value is -2.08. The summed E-state index contributed by atoms with van der Waals surface area (Å²) in [5, 5.41) is 16.4. The average Bonchev–Trinajstić information content (AvgIpc) is 2.86. The van der Waals surface area contributed by atoms with Gasteiger partial charge in [-0.15, -0.1) is 0 Å². The van der Waals surface area contributed by atoms with E-state index in [1.165, 1.54) is 12.1 Å². The summed E-state index contributed by atoms with van der Waals surface area (Å²) in [6.07, 6.45) is 3.56. The van der Waals surface area contributed by atoms with Crippen LogP contribution in [0.3, 0.4) is 0 Å². The summed E-state index contributed by atoms with van der Waals surface area (Å²) in [5.41, 5.74) is 1.60. The first-order valence-corrected chi connectivity index (χ1v) is 5.91. The van der Waals surface area contributed by atoms with Crippen molar-refractivity contribution in [1.29, 1.82) is 0 Å². The molecule has 0 aliphatic heterocycles. The van der Waals surface area contributed by atoms with Crippen LogP contribution in [0.2, 0.25) is 0 Å². The lowest BCUT2D eigenvalue weighted by atomic mass is 10.2. The quantitative estimate of drug-likeness (QED) is 0.838. The van der Waals surface area contributed by atoms with Crippen LogP contribution < -0.4 is 5.32 Å². The molecular weight excluding hydrogens is 249 g/mol. The molecule has 0 saturated heterocycles. The van der Waals surface area contributed by atoms with Gasteiger partial charge in [-0.25, -0.2) is 4.39 Å². The molecule has 0 unspecified atom stereocenters. The minimum absolute atomic E-state index is 0.337. The van der Waals surface area contributed by atoms with Gasteiger partial charge in [0, 0.05) is 19.9 Å². The first-order valence-electron chi connectivity index (χ1n) is 5.91. The zero-order valence-electron chi connectivity index (χ0n) is 10.6. The molecular formula is C13H16FN3O2. The number of anilines is 1. The fourth-order valence-electron chi connectivity index (χ4n) is 1.63. The Balaban J connectivity index is 1.91. The van der Waals surface area contributed by atoms with E-state index in [2.05, 4.69) is 10.4 Å².